The highest BCUT2D eigenvalue weighted by molar-refractivity contribution is 6.19. The van der Waals surface area contributed by atoms with E-state index in [-0.39, 0.29) is 11.6 Å². The quantitative estimate of drug-likeness (QED) is 0.668. The van der Waals surface area contributed by atoms with Gasteiger partial charge in [0.15, 0.2) is 11.3 Å². The number of amides is 1. The normalized spacial score (nSPS) is 15.4. The summed E-state index contributed by atoms with van der Waals surface area (Å²) >= 11 is 0. The van der Waals surface area contributed by atoms with E-state index in [1.165, 1.54) is 6.20 Å². The third-order valence-corrected chi connectivity index (χ3v) is 4.80. The van der Waals surface area contributed by atoms with Crippen molar-refractivity contribution in [2.45, 2.75) is 6.18 Å². The molecule has 0 radical (unpaired) electrons. The second-order valence-electron chi connectivity index (χ2n) is 6.70. The van der Waals surface area contributed by atoms with E-state index in [1.54, 1.807) is 29.2 Å². The number of carbonyl (C=O) groups excluding carboxylic acids is 1. The minimum absolute atomic E-state index is 0.0840. The van der Waals surface area contributed by atoms with Gasteiger partial charge in [-0.25, -0.2) is 15.0 Å². The zero-order valence-corrected chi connectivity index (χ0v) is 15.3. The van der Waals surface area contributed by atoms with Gasteiger partial charge in [0, 0.05) is 23.7 Å². The Kier molecular flexibility index (Phi) is 4.02. The molecule has 1 aromatic carbocycles. The number of amidine groups is 1. The van der Waals surface area contributed by atoms with E-state index >= 15 is 0 Å². The van der Waals surface area contributed by atoms with Gasteiger partial charge in [0.1, 0.15) is 5.84 Å². The lowest BCUT2D eigenvalue weighted by molar-refractivity contribution is -0.141. The number of para-hydroxylation sites is 1. The van der Waals surface area contributed by atoms with Crippen molar-refractivity contribution in [2.24, 2.45) is 9.98 Å². The van der Waals surface area contributed by atoms with Gasteiger partial charge in [-0.15, -0.1) is 0 Å². The van der Waals surface area contributed by atoms with E-state index < -0.39 is 23.3 Å². The van der Waals surface area contributed by atoms with Crippen molar-refractivity contribution in [1.29, 1.82) is 0 Å². The molecule has 3 aromatic rings. The van der Waals surface area contributed by atoms with Crippen molar-refractivity contribution >= 4 is 34.4 Å². The van der Waals surface area contributed by atoms with E-state index in [1.807, 2.05) is 12.1 Å². The minimum Gasteiger partial charge on any atom is -0.294 e. The maximum Gasteiger partial charge on any atom is 0.434 e. The van der Waals surface area contributed by atoms with Crippen LogP contribution in [0, 0.1) is 0 Å². The molecule has 4 heterocycles. The van der Waals surface area contributed by atoms with Crippen molar-refractivity contribution in [3.8, 4) is 0 Å². The first-order valence-electron chi connectivity index (χ1n) is 9.06. The Balaban J connectivity index is 1.57. The Morgan fingerprint density at radius 1 is 1.13 bits per heavy atom. The molecule has 1 N–H and O–H groups in total. The van der Waals surface area contributed by atoms with Crippen LogP contribution in [-0.4, -0.2) is 45.7 Å². The Bertz CT molecular complexity index is 1250. The lowest BCUT2D eigenvalue weighted by Crippen LogP contribution is -2.47. The van der Waals surface area contributed by atoms with Gasteiger partial charge in [-0.2, -0.15) is 13.2 Å². The molecule has 2 aliphatic rings. The molecule has 10 heteroatoms. The van der Waals surface area contributed by atoms with Crippen LogP contribution in [-0.2, 0) is 6.18 Å². The standard InChI is InChI=1S/C20H13F3N6O/c21-20(22,23)15-13(10-11-4-3-7-24-16(11)27-15)18(30)28-19-26-14-6-2-1-5-12(14)17-25-8-9-29(17)19/h1-7,10H,8-9H2,(H,26,28,30). The highest BCUT2D eigenvalue weighted by Gasteiger charge is 2.39. The molecule has 0 unspecified atom stereocenters. The lowest BCUT2D eigenvalue weighted by atomic mass is 10.1. The van der Waals surface area contributed by atoms with Gasteiger partial charge in [-0.3, -0.25) is 20.0 Å². The maximum atomic E-state index is 13.6. The van der Waals surface area contributed by atoms with Gasteiger partial charge < -0.3 is 0 Å². The fourth-order valence-electron chi connectivity index (χ4n) is 3.48. The molecule has 0 aliphatic carbocycles. The minimum atomic E-state index is -4.82. The van der Waals surface area contributed by atoms with Crippen LogP contribution in [0.4, 0.5) is 18.9 Å². The first-order valence-corrected chi connectivity index (χ1v) is 9.06. The molecule has 0 saturated carbocycles. The van der Waals surface area contributed by atoms with E-state index in [0.717, 1.165) is 11.6 Å². The van der Waals surface area contributed by atoms with E-state index in [0.29, 0.717) is 30.0 Å². The zero-order valence-electron chi connectivity index (χ0n) is 15.3. The largest absolute Gasteiger partial charge is 0.434 e. The maximum absolute atomic E-state index is 13.6. The van der Waals surface area contributed by atoms with Crippen molar-refractivity contribution in [2.75, 3.05) is 13.1 Å². The predicted molar refractivity (Wildman–Crippen MR) is 104 cm³/mol. The van der Waals surface area contributed by atoms with Crippen LogP contribution >= 0.6 is 0 Å². The van der Waals surface area contributed by atoms with Gasteiger partial charge >= 0.3 is 6.18 Å². The van der Waals surface area contributed by atoms with Crippen LogP contribution in [0.25, 0.3) is 11.0 Å². The molecule has 1 amide bonds. The Morgan fingerprint density at radius 3 is 2.80 bits per heavy atom. The molecule has 0 atom stereocenters. The van der Waals surface area contributed by atoms with Gasteiger partial charge in [0.05, 0.1) is 17.8 Å². The van der Waals surface area contributed by atoms with Crippen molar-refractivity contribution in [3.05, 3.63) is 65.5 Å². The SMILES string of the molecule is O=C(NC1=Nc2ccccc2C2=NCCN12)c1cc2cccnc2nc1C(F)(F)F. The summed E-state index contributed by atoms with van der Waals surface area (Å²) in [6.07, 6.45) is -3.47. The summed E-state index contributed by atoms with van der Waals surface area (Å²) in [5.41, 5.74) is -0.580. The fraction of sp³-hybridized carbons (Fsp3) is 0.150. The second-order valence-corrected chi connectivity index (χ2v) is 6.70. The molecule has 0 bridgehead atoms. The van der Waals surface area contributed by atoms with Crippen molar-refractivity contribution < 1.29 is 18.0 Å². The number of aromatic nitrogens is 2. The summed E-state index contributed by atoms with van der Waals surface area (Å²) in [7, 11) is 0. The van der Waals surface area contributed by atoms with E-state index in [9.17, 15) is 18.0 Å². The van der Waals surface area contributed by atoms with Crippen molar-refractivity contribution in [3.63, 3.8) is 0 Å². The van der Waals surface area contributed by atoms with Gasteiger partial charge in [0.2, 0.25) is 5.96 Å². The fourth-order valence-corrected chi connectivity index (χ4v) is 3.48. The van der Waals surface area contributed by atoms with E-state index in [2.05, 4.69) is 25.3 Å². The number of fused-ring (bicyclic) bond motifs is 4. The van der Waals surface area contributed by atoms with Gasteiger partial charge in [0.25, 0.3) is 5.91 Å². The number of hydrogen-bond acceptors (Lipinski definition) is 6. The molecule has 7 nitrogen and oxygen atoms in total. The molecule has 5 rings (SSSR count). The number of aliphatic imine (C=N–C) groups is 2. The number of nitrogens with one attached hydrogen (secondary N) is 1. The summed E-state index contributed by atoms with van der Waals surface area (Å²) < 4.78 is 40.8. The molecule has 30 heavy (non-hydrogen) atoms. The van der Waals surface area contributed by atoms with Crippen LogP contribution in [0.3, 0.4) is 0 Å². The monoisotopic (exact) mass is 410 g/mol. The predicted octanol–water partition coefficient (Wildman–Crippen LogP) is 3.14. The first kappa shape index (κ1) is 18.2. The number of guanidine groups is 1. The first-order chi connectivity index (χ1) is 14.4. The number of nitrogens with zero attached hydrogens (tertiary/aromatic N) is 5. The summed E-state index contributed by atoms with van der Waals surface area (Å²) in [4.78, 5) is 30.9. The van der Waals surface area contributed by atoms with Crippen molar-refractivity contribution in [1.82, 2.24) is 20.2 Å². The number of carbonyl (C=O) groups is 1. The van der Waals surface area contributed by atoms with Crippen LogP contribution in [0.1, 0.15) is 21.6 Å². The molecule has 2 aliphatic heterocycles. The molecule has 0 fully saturated rings. The third-order valence-electron chi connectivity index (χ3n) is 4.80. The topological polar surface area (TPSA) is 82.8 Å². The molecule has 0 saturated heterocycles. The number of hydrogen-bond donors (Lipinski definition) is 1. The molecule has 150 valence electrons. The van der Waals surface area contributed by atoms with Crippen LogP contribution < -0.4 is 5.32 Å². The van der Waals surface area contributed by atoms with Gasteiger partial charge in [-0.05, 0) is 30.3 Å². The number of rotatable bonds is 1. The molecular formula is C20H13F3N6O. The summed E-state index contributed by atoms with van der Waals surface area (Å²) in [5, 5.41) is 2.85. The Morgan fingerprint density at radius 2 is 1.97 bits per heavy atom. The van der Waals surface area contributed by atoms with Crippen LogP contribution in [0.2, 0.25) is 0 Å². The summed E-state index contributed by atoms with van der Waals surface area (Å²) in [6, 6.07) is 11.5. The average Bonchev–Trinajstić information content (AvgIpc) is 3.23. The molecule has 0 spiro atoms. The second kappa shape index (κ2) is 6.61. The average molecular weight is 410 g/mol. The third kappa shape index (κ3) is 2.97. The number of alkyl halides is 3. The molecular weight excluding hydrogens is 397 g/mol. The number of pyridine rings is 2. The Labute approximate surface area is 168 Å². The number of benzene rings is 1. The highest BCUT2D eigenvalue weighted by atomic mass is 19.4. The van der Waals surface area contributed by atoms with Crippen LogP contribution in [0.5, 0.6) is 0 Å². The lowest BCUT2D eigenvalue weighted by Gasteiger charge is -2.27. The van der Waals surface area contributed by atoms with E-state index in [4.69, 9.17) is 0 Å². The number of halogens is 3. The van der Waals surface area contributed by atoms with Crippen LogP contribution in [0.15, 0.2) is 58.6 Å². The molecule has 2 aromatic heterocycles. The van der Waals surface area contributed by atoms with Gasteiger partial charge in [-0.1, -0.05) is 12.1 Å². The smallest absolute Gasteiger partial charge is 0.294 e. The summed E-state index contributed by atoms with van der Waals surface area (Å²) in [6.45, 7) is 0.963. The highest BCUT2D eigenvalue weighted by Crippen LogP contribution is 2.32. The Hall–Kier alpha value is -3.82. The zero-order chi connectivity index (χ0) is 20.9. The summed E-state index contributed by atoms with van der Waals surface area (Å²) in [5.74, 6) is -0.188.